The Morgan fingerprint density at radius 3 is 1.97 bits per heavy atom. The summed E-state index contributed by atoms with van der Waals surface area (Å²) in [4.78, 5) is 0. The molecule has 5 aromatic carbocycles. The van der Waals surface area contributed by atoms with Crippen LogP contribution in [0.3, 0.4) is 0 Å². The fraction of sp³-hybridized carbons (Fsp3) is 0. The van der Waals surface area contributed by atoms with E-state index in [1.807, 2.05) is 18.2 Å². The molecule has 0 N–H and O–H groups in total. The zero-order valence-corrected chi connectivity index (χ0v) is 20.8. The molecule has 0 saturated carbocycles. The number of furan rings is 1. The Bertz CT molecular complexity index is 1980. The monoisotopic (exact) mass is 487 g/mol. The second kappa shape index (κ2) is 9.10. The van der Waals surface area contributed by atoms with E-state index in [9.17, 15) is 0 Å². The van der Waals surface area contributed by atoms with Gasteiger partial charge in [0.1, 0.15) is 11.2 Å². The van der Waals surface area contributed by atoms with Crippen molar-refractivity contribution in [3.8, 4) is 11.1 Å². The van der Waals surface area contributed by atoms with Crippen LogP contribution in [0.15, 0.2) is 144 Å². The fourth-order valence-corrected chi connectivity index (χ4v) is 5.44. The zero-order chi connectivity index (χ0) is 25.5. The highest BCUT2D eigenvalue weighted by Crippen LogP contribution is 2.36. The van der Waals surface area contributed by atoms with Gasteiger partial charge < -0.3 is 8.98 Å². The molecule has 0 spiro atoms. The van der Waals surface area contributed by atoms with Crippen LogP contribution in [-0.4, -0.2) is 4.57 Å². The van der Waals surface area contributed by atoms with Gasteiger partial charge in [-0.15, -0.1) is 0 Å². The number of benzene rings is 5. The van der Waals surface area contributed by atoms with Crippen molar-refractivity contribution in [2.24, 2.45) is 0 Å². The van der Waals surface area contributed by atoms with E-state index in [1.54, 1.807) is 0 Å². The average Bonchev–Trinajstić information content (AvgIpc) is 3.52. The Morgan fingerprint density at radius 2 is 1.26 bits per heavy atom. The number of hydrogen-bond acceptors (Lipinski definition) is 1. The van der Waals surface area contributed by atoms with Crippen molar-refractivity contribution in [3.63, 3.8) is 0 Å². The molecule has 0 aliphatic rings. The minimum atomic E-state index is 0.919. The first-order chi connectivity index (χ1) is 18.8. The predicted molar refractivity (Wildman–Crippen MR) is 162 cm³/mol. The van der Waals surface area contributed by atoms with Gasteiger partial charge in [-0.25, -0.2) is 0 Å². The molecule has 180 valence electrons. The van der Waals surface area contributed by atoms with Gasteiger partial charge in [0.05, 0.1) is 11.0 Å². The highest BCUT2D eigenvalue weighted by atomic mass is 16.3. The summed E-state index contributed by atoms with van der Waals surface area (Å²) < 4.78 is 8.51. The van der Waals surface area contributed by atoms with Crippen LogP contribution in [0, 0.1) is 0 Å². The maximum atomic E-state index is 6.23. The summed E-state index contributed by atoms with van der Waals surface area (Å²) in [5.74, 6) is 0. The van der Waals surface area contributed by atoms with E-state index >= 15 is 0 Å². The predicted octanol–water partition coefficient (Wildman–Crippen LogP) is 10.1. The average molecular weight is 488 g/mol. The minimum absolute atomic E-state index is 0.919. The third-order valence-electron chi connectivity index (χ3n) is 7.23. The number of hydrogen-bond donors (Lipinski definition) is 0. The normalized spacial score (nSPS) is 12.4. The largest absolute Gasteiger partial charge is 0.455 e. The molecule has 7 aromatic rings. The molecule has 0 aliphatic heterocycles. The lowest BCUT2D eigenvalue weighted by Gasteiger charge is -2.08. The first-order valence-electron chi connectivity index (χ1n) is 12.8. The SMILES string of the molecule is C=C/C(=C\C=C\c1ccc(-c2cccc3c2oc2ccccc23)cc1)n1c2ccccc2c2ccccc21. The number of allylic oxidation sites excluding steroid dienone is 4. The van der Waals surface area contributed by atoms with Crippen LogP contribution < -0.4 is 0 Å². The highest BCUT2D eigenvalue weighted by molar-refractivity contribution is 6.11. The summed E-state index contributed by atoms with van der Waals surface area (Å²) in [6.07, 6.45) is 8.26. The van der Waals surface area contributed by atoms with E-state index in [1.165, 1.54) is 21.8 Å². The van der Waals surface area contributed by atoms with Gasteiger partial charge in [-0.3, -0.25) is 0 Å². The van der Waals surface area contributed by atoms with E-state index < -0.39 is 0 Å². The Morgan fingerprint density at radius 1 is 0.632 bits per heavy atom. The molecule has 0 saturated heterocycles. The van der Waals surface area contributed by atoms with Gasteiger partial charge in [-0.1, -0.05) is 116 Å². The molecule has 7 rings (SSSR count). The number of fused-ring (bicyclic) bond motifs is 6. The zero-order valence-electron chi connectivity index (χ0n) is 20.8. The van der Waals surface area contributed by atoms with E-state index in [0.29, 0.717) is 0 Å². The lowest BCUT2D eigenvalue weighted by Crippen LogP contribution is -1.93. The molecule has 0 amide bonds. The maximum Gasteiger partial charge on any atom is 0.143 e. The molecular formula is C36H25NO. The van der Waals surface area contributed by atoms with Gasteiger partial charge in [0.15, 0.2) is 0 Å². The Balaban J connectivity index is 1.22. The molecule has 0 unspecified atom stereocenters. The molecule has 2 heterocycles. The maximum absolute atomic E-state index is 6.23. The van der Waals surface area contributed by atoms with E-state index in [2.05, 4.69) is 133 Å². The van der Waals surface area contributed by atoms with Gasteiger partial charge in [-0.05, 0) is 41.5 Å². The van der Waals surface area contributed by atoms with Gasteiger partial charge in [0, 0.05) is 32.8 Å². The van der Waals surface area contributed by atoms with Crippen LogP contribution in [0.1, 0.15) is 5.56 Å². The fourth-order valence-electron chi connectivity index (χ4n) is 5.44. The number of aromatic nitrogens is 1. The second-order valence-corrected chi connectivity index (χ2v) is 9.43. The smallest absolute Gasteiger partial charge is 0.143 e. The molecule has 0 bridgehead atoms. The first-order valence-corrected chi connectivity index (χ1v) is 12.8. The van der Waals surface area contributed by atoms with Crippen molar-refractivity contribution < 1.29 is 4.42 Å². The lowest BCUT2D eigenvalue weighted by atomic mass is 10.0. The van der Waals surface area contributed by atoms with Gasteiger partial charge in [-0.2, -0.15) is 0 Å². The van der Waals surface area contributed by atoms with Crippen LogP contribution in [-0.2, 0) is 0 Å². The van der Waals surface area contributed by atoms with Crippen LogP contribution in [0.4, 0.5) is 0 Å². The van der Waals surface area contributed by atoms with Crippen LogP contribution in [0.2, 0.25) is 0 Å². The third kappa shape index (κ3) is 3.58. The first kappa shape index (κ1) is 22.1. The van der Waals surface area contributed by atoms with Crippen molar-refractivity contribution in [3.05, 3.63) is 146 Å². The Kier molecular flexibility index (Phi) is 5.30. The topological polar surface area (TPSA) is 18.1 Å². The molecule has 0 atom stereocenters. The summed E-state index contributed by atoms with van der Waals surface area (Å²) in [6, 6.07) is 40.2. The van der Waals surface area contributed by atoms with Crippen LogP contribution >= 0.6 is 0 Å². The van der Waals surface area contributed by atoms with E-state index in [-0.39, 0.29) is 0 Å². The molecule has 38 heavy (non-hydrogen) atoms. The van der Waals surface area contributed by atoms with E-state index in [4.69, 9.17) is 4.42 Å². The molecule has 0 aliphatic carbocycles. The Hall–Kier alpha value is -5.08. The van der Waals surface area contributed by atoms with E-state index in [0.717, 1.165) is 44.3 Å². The Labute approximate surface area is 221 Å². The second-order valence-electron chi connectivity index (χ2n) is 9.43. The summed E-state index contributed by atoms with van der Waals surface area (Å²) in [6.45, 7) is 4.11. The number of nitrogens with zero attached hydrogens (tertiary/aromatic N) is 1. The highest BCUT2D eigenvalue weighted by Gasteiger charge is 2.12. The van der Waals surface area contributed by atoms with Crippen molar-refractivity contribution >= 4 is 55.5 Å². The molecule has 0 radical (unpaired) electrons. The quantitative estimate of drug-likeness (QED) is 0.221. The summed E-state index contributed by atoms with van der Waals surface area (Å²) >= 11 is 0. The van der Waals surface area contributed by atoms with Gasteiger partial charge in [0.2, 0.25) is 0 Å². The summed E-state index contributed by atoms with van der Waals surface area (Å²) in [7, 11) is 0. The molecule has 0 fully saturated rings. The molecule has 2 nitrogen and oxygen atoms in total. The van der Waals surface area contributed by atoms with Crippen molar-refractivity contribution in [1.29, 1.82) is 0 Å². The number of para-hydroxylation sites is 4. The summed E-state index contributed by atoms with van der Waals surface area (Å²) in [5.41, 5.74) is 8.62. The standard InChI is InChI=1S/C36H25NO/c1-2-27(37-33-18-6-3-13-29(33)30-14-4-7-19-34(30)37)12-9-11-25-21-23-26(24-22-25)28-16-10-17-32-31-15-5-8-20-35(31)38-36(28)32/h2-24H,1H2/b11-9+,27-12+. The van der Waals surface area contributed by atoms with Gasteiger partial charge in [0.25, 0.3) is 0 Å². The van der Waals surface area contributed by atoms with Crippen LogP contribution in [0.25, 0.3) is 66.6 Å². The van der Waals surface area contributed by atoms with Crippen molar-refractivity contribution in [1.82, 2.24) is 4.57 Å². The van der Waals surface area contributed by atoms with Gasteiger partial charge >= 0.3 is 0 Å². The third-order valence-corrected chi connectivity index (χ3v) is 7.23. The molecule has 2 heteroatoms. The molecule has 2 aromatic heterocycles. The lowest BCUT2D eigenvalue weighted by molar-refractivity contribution is 0.670. The molecular weight excluding hydrogens is 462 g/mol. The van der Waals surface area contributed by atoms with Crippen molar-refractivity contribution in [2.45, 2.75) is 0 Å². The minimum Gasteiger partial charge on any atom is -0.455 e. The van der Waals surface area contributed by atoms with Crippen molar-refractivity contribution in [2.75, 3.05) is 0 Å². The van der Waals surface area contributed by atoms with Crippen LogP contribution in [0.5, 0.6) is 0 Å². The number of rotatable bonds is 5. The summed E-state index contributed by atoms with van der Waals surface area (Å²) in [5, 5.41) is 4.79.